The van der Waals surface area contributed by atoms with Gasteiger partial charge in [0.15, 0.2) is 14.1 Å². The molecule has 1 heterocycles. The monoisotopic (exact) mass is 598 g/mol. The normalized spacial score (nSPS) is 17.0. The van der Waals surface area contributed by atoms with E-state index < -0.39 is 14.4 Å². The standard InChI is InChI=1S/C31H36Cl2N2O4Si/c1-31(2,3)40(4,5)39-13-12-22(20-10-11-26(32)27(33)15-20)17-35-18-24(36)19-38-29-23(16-34)14-21-8-6-7-9-25(21)28(29)30(35)37/h6-11,14-15,22,24,36H,12-13,17-19H2,1-5H3/t22-,24?/m1/s1. The predicted molar refractivity (Wildman–Crippen MR) is 163 cm³/mol. The minimum atomic E-state index is -1.99. The van der Waals surface area contributed by atoms with E-state index >= 15 is 0 Å². The van der Waals surface area contributed by atoms with Crippen LogP contribution in [0.2, 0.25) is 28.2 Å². The van der Waals surface area contributed by atoms with E-state index in [0.717, 1.165) is 10.9 Å². The third kappa shape index (κ3) is 6.48. The molecule has 1 amide bonds. The molecule has 9 heteroatoms. The van der Waals surface area contributed by atoms with Gasteiger partial charge in [-0.1, -0.05) is 74.3 Å². The van der Waals surface area contributed by atoms with Crippen molar-refractivity contribution in [3.05, 3.63) is 75.3 Å². The van der Waals surface area contributed by atoms with Gasteiger partial charge in [-0.25, -0.2) is 0 Å². The van der Waals surface area contributed by atoms with E-state index in [0.29, 0.717) is 40.6 Å². The molecular formula is C31H36Cl2N2O4Si. The summed E-state index contributed by atoms with van der Waals surface area (Å²) in [5.41, 5.74) is 1.54. The van der Waals surface area contributed by atoms with Crippen molar-refractivity contribution < 1.29 is 19.1 Å². The molecule has 6 nitrogen and oxygen atoms in total. The van der Waals surface area contributed by atoms with Gasteiger partial charge in [-0.15, -0.1) is 0 Å². The highest BCUT2D eigenvalue weighted by molar-refractivity contribution is 6.74. The maximum absolute atomic E-state index is 14.2. The fraction of sp³-hybridized carbons (Fsp3) is 0.419. The fourth-order valence-electron chi connectivity index (χ4n) is 4.73. The maximum Gasteiger partial charge on any atom is 0.258 e. The lowest BCUT2D eigenvalue weighted by Crippen LogP contribution is -2.44. The van der Waals surface area contributed by atoms with Crippen molar-refractivity contribution in [2.45, 2.75) is 57.3 Å². The Morgan fingerprint density at radius 2 is 1.90 bits per heavy atom. The minimum Gasteiger partial charge on any atom is -0.489 e. The number of carbonyl (C=O) groups is 1. The van der Waals surface area contributed by atoms with Crippen LogP contribution < -0.4 is 4.74 Å². The largest absolute Gasteiger partial charge is 0.489 e. The molecule has 0 bridgehead atoms. The number of hydrogen-bond acceptors (Lipinski definition) is 5. The third-order valence-corrected chi connectivity index (χ3v) is 13.3. The molecule has 4 rings (SSSR count). The van der Waals surface area contributed by atoms with E-state index in [4.69, 9.17) is 32.4 Å². The Labute approximate surface area is 247 Å². The lowest BCUT2D eigenvalue weighted by Gasteiger charge is -2.37. The van der Waals surface area contributed by atoms with Crippen LogP contribution in [0.1, 0.15) is 54.6 Å². The smallest absolute Gasteiger partial charge is 0.258 e. The summed E-state index contributed by atoms with van der Waals surface area (Å²) in [7, 11) is -1.99. The van der Waals surface area contributed by atoms with Crippen molar-refractivity contribution in [2.75, 3.05) is 26.3 Å². The number of carbonyl (C=O) groups excluding carboxylic acids is 1. The van der Waals surface area contributed by atoms with Crippen LogP contribution in [-0.2, 0) is 4.43 Å². The molecule has 0 aliphatic carbocycles. The second-order valence-electron chi connectivity index (χ2n) is 11.9. The van der Waals surface area contributed by atoms with Crippen LogP contribution in [0.25, 0.3) is 10.8 Å². The predicted octanol–water partition coefficient (Wildman–Crippen LogP) is 7.41. The molecule has 40 heavy (non-hydrogen) atoms. The average Bonchev–Trinajstić information content (AvgIpc) is 2.89. The van der Waals surface area contributed by atoms with E-state index in [-0.39, 0.29) is 41.3 Å². The van der Waals surface area contributed by atoms with Gasteiger partial charge in [-0.3, -0.25) is 4.79 Å². The zero-order valence-electron chi connectivity index (χ0n) is 23.6. The lowest BCUT2D eigenvalue weighted by atomic mass is 9.93. The molecule has 0 saturated carbocycles. The molecule has 0 fully saturated rings. The summed E-state index contributed by atoms with van der Waals surface area (Å²) < 4.78 is 12.4. The average molecular weight is 600 g/mol. The summed E-state index contributed by atoms with van der Waals surface area (Å²) in [6.45, 7) is 11.9. The summed E-state index contributed by atoms with van der Waals surface area (Å²) in [6, 6.07) is 16.9. The van der Waals surface area contributed by atoms with Gasteiger partial charge in [0.2, 0.25) is 0 Å². The SMILES string of the molecule is CC(C)(C)[Si](C)(C)OCC[C@H](CN1CC(O)COc2c(C#N)cc3ccccc3c2C1=O)c1ccc(Cl)c(Cl)c1. The zero-order valence-corrected chi connectivity index (χ0v) is 26.1. The number of benzene rings is 3. The van der Waals surface area contributed by atoms with Crippen molar-refractivity contribution in [1.29, 1.82) is 5.26 Å². The van der Waals surface area contributed by atoms with Crippen molar-refractivity contribution in [1.82, 2.24) is 4.90 Å². The van der Waals surface area contributed by atoms with Gasteiger partial charge in [0, 0.05) is 19.1 Å². The molecule has 0 radical (unpaired) electrons. The quantitative estimate of drug-likeness (QED) is 0.286. The number of ether oxygens (including phenoxy) is 1. The molecule has 1 aliphatic heterocycles. The number of nitrogens with zero attached hydrogens (tertiary/aromatic N) is 2. The van der Waals surface area contributed by atoms with E-state index in [2.05, 4.69) is 39.9 Å². The molecule has 1 aliphatic rings. The first-order valence-electron chi connectivity index (χ1n) is 13.5. The van der Waals surface area contributed by atoms with E-state index in [1.807, 2.05) is 36.4 Å². The molecule has 1 unspecified atom stereocenters. The van der Waals surface area contributed by atoms with Crippen LogP contribution in [-0.4, -0.2) is 56.6 Å². The second-order valence-corrected chi connectivity index (χ2v) is 17.5. The van der Waals surface area contributed by atoms with Crippen LogP contribution >= 0.6 is 23.2 Å². The summed E-state index contributed by atoms with van der Waals surface area (Å²) in [5.74, 6) is -0.218. The molecule has 3 aromatic carbocycles. The summed E-state index contributed by atoms with van der Waals surface area (Å²) in [4.78, 5) is 15.9. The second kappa shape index (κ2) is 12.1. The van der Waals surface area contributed by atoms with Gasteiger partial charge >= 0.3 is 0 Å². The Bertz CT molecular complexity index is 1450. The van der Waals surface area contributed by atoms with Gasteiger partial charge in [0.25, 0.3) is 5.91 Å². The molecule has 212 valence electrons. The first-order valence-corrected chi connectivity index (χ1v) is 17.1. The number of aliphatic hydroxyl groups excluding tert-OH is 1. The van der Waals surface area contributed by atoms with Gasteiger partial charge in [-0.2, -0.15) is 5.26 Å². The molecular weight excluding hydrogens is 563 g/mol. The summed E-state index contributed by atoms with van der Waals surface area (Å²) in [6.07, 6.45) is -0.278. The number of fused-ring (bicyclic) bond motifs is 3. The zero-order chi connectivity index (χ0) is 29.2. The van der Waals surface area contributed by atoms with E-state index in [9.17, 15) is 15.2 Å². The van der Waals surface area contributed by atoms with Crippen molar-refractivity contribution in [3.8, 4) is 11.8 Å². The molecule has 2 atom stereocenters. The van der Waals surface area contributed by atoms with Gasteiger partial charge in [0.05, 0.1) is 27.7 Å². The maximum atomic E-state index is 14.2. The van der Waals surface area contributed by atoms with Gasteiger partial charge in [0.1, 0.15) is 18.8 Å². The highest BCUT2D eigenvalue weighted by atomic mass is 35.5. The molecule has 3 aromatic rings. The molecule has 0 aromatic heterocycles. The highest BCUT2D eigenvalue weighted by Crippen LogP contribution is 2.38. The van der Waals surface area contributed by atoms with E-state index in [1.165, 1.54) is 0 Å². The number of halogens is 2. The Hall–Kier alpha value is -2.60. The summed E-state index contributed by atoms with van der Waals surface area (Å²) in [5, 5.41) is 23.1. The summed E-state index contributed by atoms with van der Waals surface area (Å²) >= 11 is 12.6. The van der Waals surface area contributed by atoms with Crippen LogP contribution in [0, 0.1) is 11.3 Å². The number of amides is 1. The van der Waals surface area contributed by atoms with E-state index in [1.54, 1.807) is 17.0 Å². The fourth-order valence-corrected chi connectivity index (χ4v) is 6.10. The van der Waals surface area contributed by atoms with Crippen LogP contribution in [0.4, 0.5) is 0 Å². The van der Waals surface area contributed by atoms with Crippen LogP contribution in [0.15, 0.2) is 48.5 Å². The van der Waals surface area contributed by atoms with Crippen LogP contribution in [0.3, 0.4) is 0 Å². The number of β-amino-alcohol motifs (C(OH)–C–C–N with tert-alkyl or cyclic N) is 1. The molecule has 0 saturated heterocycles. The molecule has 1 N–H and O–H groups in total. The highest BCUT2D eigenvalue weighted by Gasteiger charge is 2.37. The first kappa shape index (κ1) is 30.4. The Kier molecular flexibility index (Phi) is 9.18. The first-order chi connectivity index (χ1) is 18.8. The van der Waals surface area contributed by atoms with Crippen molar-refractivity contribution in [2.24, 2.45) is 0 Å². The lowest BCUT2D eigenvalue weighted by molar-refractivity contribution is 0.0421. The number of aliphatic hydroxyl groups is 1. The third-order valence-electron chi connectivity index (χ3n) is 8.07. The Morgan fingerprint density at radius 3 is 2.58 bits per heavy atom. The number of rotatable bonds is 7. The van der Waals surface area contributed by atoms with Crippen molar-refractivity contribution >= 4 is 48.2 Å². The minimum absolute atomic E-state index is 0.0320. The number of hydrogen-bond donors (Lipinski definition) is 1. The topological polar surface area (TPSA) is 82.8 Å². The molecule has 0 spiro atoms. The van der Waals surface area contributed by atoms with Gasteiger partial charge in [-0.05, 0) is 59.1 Å². The Balaban J connectivity index is 1.72. The van der Waals surface area contributed by atoms with Crippen LogP contribution in [0.5, 0.6) is 5.75 Å². The van der Waals surface area contributed by atoms with Gasteiger partial charge < -0.3 is 19.2 Å². The Morgan fingerprint density at radius 1 is 1.18 bits per heavy atom. The number of nitriles is 1. The van der Waals surface area contributed by atoms with Crippen molar-refractivity contribution in [3.63, 3.8) is 0 Å².